The number of furan rings is 1. The Morgan fingerprint density at radius 1 is 1.47 bits per heavy atom. The Balaban J connectivity index is 2.33. The molecule has 2 aromatic rings. The highest BCUT2D eigenvalue weighted by atomic mass is 35.5. The van der Waals surface area contributed by atoms with E-state index in [1.165, 1.54) is 18.2 Å². The van der Waals surface area contributed by atoms with Gasteiger partial charge in [-0.15, -0.1) is 11.3 Å². The number of aliphatic hydroxyl groups is 1. The van der Waals surface area contributed by atoms with Gasteiger partial charge in [-0.3, -0.25) is 10.1 Å². The van der Waals surface area contributed by atoms with Crippen molar-refractivity contribution in [2.45, 2.75) is 6.10 Å². The third-order valence-electron chi connectivity index (χ3n) is 2.04. The molecule has 0 bridgehead atoms. The Morgan fingerprint density at radius 3 is 2.65 bits per heavy atom. The predicted octanol–water partition coefficient (Wildman–Crippen LogP) is 3.64. The molecule has 0 amide bonds. The minimum atomic E-state index is -1.17. The fourth-order valence-electron chi connectivity index (χ4n) is 1.28. The highest BCUT2D eigenvalue weighted by Gasteiger charge is 2.22. The third kappa shape index (κ3) is 2.44. The van der Waals surface area contributed by atoms with Crippen molar-refractivity contribution in [2.75, 3.05) is 0 Å². The zero-order valence-electron chi connectivity index (χ0n) is 8.09. The molecule has 5 nitrogen and oxygen atoms in total. The van der Waals surface area contributed by atoms with Crippen molar-refractivity contribution in [1.82, 2.24) is 0 Å². The number of thiophene rings is 1. The van der Waals surface area contributed by atoms with E-state index < -0.39 is 16.9 Å². The van der Waals surface area contributed by atoms with Gasteiger partial charge in [0, 0.05) is 5.56 Å². The third-order valence-corrected chi connectivity index (χ3v) is 3.56. The van der Waals surface area contributed by atoms with Crippen LogP contribution in [0.1, 0.15) is 17.4 Å². The highest BCUT2D eigenvalue weighted by Crippen LogP contribution is 2.38. The maximum absolute atomic E-state index is 10.4. The molecule has 0 fully saturated rings. The van der Waals surface area contributed by atoms with E-state index in [0.717, 1.165) is 11.3 Å². The fraction of sp³-hybridized carbons (Fsp3) is 0.111. The summed E-state index contributed by atoms with van der Waals surface area (Å²) in [6.45, 7) is 0. The largest absolute Gasteiger partial charge is 0.433 e. The van der Waals surface area contributed by atoms with E-state index in [0.29, 0.717) is 14.2 Å². The summed E-state index contributed by atoms with van der Waals surface area (Å²) in [5, 5.41) is 20.4. The van der Waals surface area contributed by atoms with Crippen molar-refractivity contribution in [3.8, 4) is 0 Å². The molecular formula is C9H5Cl2NO4S. The van der Waals surface area contributed by atoms with Crippen LogP contribution in [0.2, 0.25) is 8.67 Å². The average molecular weight is 294 g/mol. The van der Waals surface area contributed by atoms with Crippen molar-refractivity contribution in [1.29, 1.82) is 0 Å². The lowest BCUT2D eigenvalue weighted by Gasteiger charge is -2.04. The summed E-state index contributed by atoms with van der Waals surface area (Å²) in [7, 11) is 0. The first kappa shape index (κ1) is 12.4. The number of hydrogen-bond donors (Lipinski definition) is 1. The molecule has 0 aliphatic rings. The standard InChI is InChI=1S/C9H5Cl2NO4S/c10-6-3-4(9(11)17-6)8(13)5-1-2-7(16-5)12(14)15/h1-3,8,13H. The molecule has 2 heterocycles. The molecule has 1 N–H and O–H groups in total. The van der Waals surface area contributed by atoms with E-state index >= 15 is 0 Å². The maximum Gasteiger partial charge on any atom is 0.433 e. The molecule has 90 valence electrons. The van der Waals surface area contributed by atoms with Crippen LogP contribution >= 0.6 is 34.5 Å². The van der Waals surface area contributed by atoms with Crippen LogP contribution in [0.15, 0.2) is 22.6 Å². The van der Waals surface area contributed by atoms with Crippen molar-refractivity contribution < 1.29 is 14.4 Å². The van der Waals surface area contributed by atoms with Crippen LogP contribution < -0.4 is 0 Å². The monoisotopic (exact) mass is 293 g/mol. The van der Waals surface area contributed by atoms with Gasteiger partial charge in [0.25, 0.3) is 0 Å². The molecule has 0 spiro atoms. The van der Waals surface area contributed by atoms with Crippen molar-refractivity contribution in [3.05, 3.63) is 48.3 Å². The lowest BCUT2D eigenvalue weighted by atomic mass is 10.1. The molecular weight excluding hydrogens is 289 g/mol. The van der Waals surface area contributed by atoms with Gasteiger partial charge >= 0.3 is 5.88 Å². The molecule has 2 rings (SSSR count). The number of nitro groups is 1. The lowest BCUT2D eigenvalue weighted by molar-refractivity contribution is -0.402. The van der Waals surface area contributed by atoms with E-state index in [2.05, 4.69) is 0 Å². The molecule has 1 unspecified atom stereocenters. The summed E-state index contributed by atoms with van der Waals surface area (Å²) in [4.78, 5) is 9.75. The Kier molecular flexibility index (Phi) is 3.39. The number of hydrogen-bond acceptors (Lipinski definition) is 5. The first-order valence-corrected chi connectivity index (χ1v) is 5.93. The maximum atomic E-state index is 10.4. The smallest absolute Gasteiger partial charge is 0.403 e. The van der Waals surface area contributed by atoms with E-state index in [-0.39, 0.29) is 5.76 Å². The number of rotatable bonds is 3. The van der Waals surface area contributed by atoms with Crippen LogP contribution in [0.5, 0.6) is 0 Å². The number of halogens is 2. The first-order valence-electron chi connectivity index (χ1n) is 4.36. The van der Waals surface area contributed by atoms with Gasteiger partial charge in [-0.05, 0) is 12.1 Å². The highest BCUT2D eigenvalue weighted by molar-refractivity contribution is 7.20. The summed E-state index contributed by atoms with van der Waals surface area (Å²) in [6.07, 6.45) is -1.17. The Labute approximate surface area is 109 Å². The van der Waals surface area contributed by atoms with E-state index in [1.54, 1.807) is 0 Å². The molecule has 0 aliphatic heterocycles. The zero-order valence-corrected chi connectivity index (χ0v) is 10.4. The van der Waals surface area contributed by atoms with Crippen LogP contribution in [0.25, 0.3) is 0 Å². The molecule has 2 aromatic heterocycles. The second-order valence-corrected chi connectivity index (χ2v) is 5.40. The second kappa shape index (κ2) is 4.66. The zero-order chi connectivity index (χ0) is 12.6. The second-order valence-electron chi connectivity index (χ2n) is 3.12. The number of aliphatic hydroxyl groups excluding tert-OH is 1. The molecule has 0 aliphatic carbocycles. The summed E-state index contributed by atoms with van der Waals surface area (Å²) >= 11 is 12.7. The molecule has 1 atom stereocenters. The van der Waals surface area contributed by atoms with Gasteiger partial charge in [0.1, 0.15) is 21.1 Å². The number of nitrogens with zero attached hydrogens (tertiary/aromatic N) is 1. The summed E-state index contributed by atoms with van der Waals surface area (Å²) in [5.74, 6) is -0.385. The molecule has 17 heavy (non-hydrogen) atoms. The van der Waals surface area contributed by atoms with Crippen LogP contribution in [-0.4, -0.2) is 10.0 Å². The van der Waals surface area contributed by atoms with Crippen molar-refractivity contribution >= 4 is 40.4 Å². The van der Waals surface area contributed by atoms with Gasteiger partial charge < -0.3 is 9.52 Å². The van der Waals surface area contributed by atoms with Crippen LogP contribution in [-0.2, 0) is 0 Å². The Bertz CT molecular complexity index is 565. The summed E-state index contributed by atoms with van der Waals surface area (Å²) < 4.78 is 5.62. The van der Waals surface area contributed by atoms with Crippen LogP contribution in [0.4, 0.5) is 5.88 Å². The van der Waals surface area contributed by atoms with Crippen molar-refractivity contribution in [2.24, 2.45) is 0 Å². The quantitative estimate of drug-likeness (QED) is 0.692. The normalized spacial score (nSPS) is 12.6. The van der Waals surface area contributed by atoms with E-state index in [4.69, 9.17) is 27.6 Å². The first-order chi connectivity index (χ1) is 7.99. The van der Waals surface area contributed by atoms with Gasteiger partial charge in [-0.2, -0.15) is 0 Å². The summed E-state index contributed by atoms with van der Waals surface area (Å²) in [6, 6.07) is 3.98. The topological polar surface area (TPSA) is 76.5 Å². The molecule has 0 saturated heterocycles. The van der Waals surface area contributed by atoms with Crippen LogP contribution in [0.3, 0.4) is 0 Å². The summed E-state index contributed by atoms with van der Waals surface area (Å²) in [5.41, 5.74) is 0.367. The lowest BCUT2D eigenvalue weighted by Crippen LogP contribution is -1.96. The van der Waals surface area contributed by atoms with Gasteiger partial charge in [-0.1, -0.05) is 23.2 Å². The predicted molar refractivity (Wildman–Crippen MR) is 63.8 cm³/mol. The van der Waals surface area contributed by atoms with Crippen LogP contribution in [0, 0.1) is 10.1 Å². The van der Waals surface area contributed by atoms with E-state index in [9.17, 15) is 15.2 Å². The van der Waals surface area contributed by atoms with Gasteiger partial charge in [0.15, 0.2) is 0 Å². The Hall–Kier alpha value is -1.08. The molecule has 0 saturated carbocycles. The SMILES string of the molecule is O=[N+]([O-])c1ccc(C(O)c2cc(Cl)sc2Cl)o1. The fourth-order valence-corrected chi connectivity index (χ4v) is 2.80. The Morgan fingerprint density at radius 2 is 2.18 bits per heavy atom. The van der Waals surface area contributed by atoms with Crippen molar-refractivity contribution in [3.63, 3.8) is 0 Å². The van der Waals surface area contributed by atoms with E-state index in [1.807, 2.05) is 0 Å². The molecule has 8 heteroatoms. The molecule has 0 aromatic carbocycles. The minimum absolute atomic E-state index is 0.0491. The minimum Gasteiger partial charge on any atom is -0.403 e. The van der Waals surface area contributed by atoms with Gasteiger partial charge in [-0.25, -0.2) is 0 Å². The molecule has 0 radical (unpaired) electrons. The average Bonchev–Trinajstić information content (AvgIpc) is 2.84. The van der Waals surface area contributed by atoms with Gasteiger partial charge in [0.05, 0.1) is 10.4 Å². The van der Waals surface area contributed by atoms with Gasteiger partial charge in [0.2, 0.25) is 0 Å².